The highest BCUT2D eigenvalue weighted by Gasteiger charge is 2.17. The van der Waals surface area contributed by atoms with Crippen molar-refractivity contribution >= 4 is 33.1 Å². The number of carbonyl (C=O) groups excluding carboxylic acids is 1. The SMILES string of the molecule is CCc1cccc(CC)c1NC(=O)Cn1cnc2sc(-c3ccccc3)c(C)c2c1=O. The van der Waals surface area contributed by atoms with Crippen LogP contribution in [0.15, 0.2) is 59.7 Å². The van der Waals surface area contributed by atoms with Crippen LogP contribution in [0.3, 0.4) is 0 Å². The van der Waals surface area contributed by atoms with E-state index in [4.69, 9.17) is 0 Å². The highest BCUT2D eigenvalue weighted by Crippen LogP contribution is 2.35. The fraction of sp³-hybridized carbons (Fsp3) is 0.240. The van der Waals surface area contributed by atoms with Crippen molar-refractivity contribution in [3.63, 3.8) is 0 Å². The number of hydrogen-bond donors (Lipinski definition) is 1. The maximum absolute atomic E-state index is 13.2. The molecule has 0 aliphatic heterocycles. The molecule has 1 amide bonds. The van der Waals surface area contributed by atoms with E-state index in [1.807, 2.05) is 55.5 Å². The number of rotatable bonds is 6. The van der Waals surface area contributed by atoms with Crippen LogP contribution < -0.4 is 10.9 Å². The molecule has 0 saturated heterocycles. The smallest absolute Gasteiger partial charge is 0.262 e. The molecule has 0 saturated carbocycles. The zero-order valence-electron chi connectivity index (χ0n) is 17.9. The van der Waals surface area contributed by atoms with Gasteiger partial charge in [-0.15, -0.1) is 11.3 Å². The summed E-state index contributed by atoms with van der Waals surface area (Å²) in [5.74, 6) is -0.227. The van der Waals surface area contributed by atoms with E-state index in [2.05, 4.69) is 24.1 Å². The molecule has 158 valence electrons. The van der Waals surface area contributed by atoms with Gasteiger partial charge in [0.15, 0.2) is 0 Å². The summed E-state index contributed by atoms with van der Waals surface area (Å²) in [6.07, 6.45) is 3.13. The fourth-order valence-electron chi connectivity index (χ4n) is 3.87. The standard InChI is InChI=1S/C25H25N3O2S/c1-4-17-12-9-13-18(5-2)22(17)27-20(29)14-28-15-26-24-21(25(28)30)16(3)23(31-24)19-10-7-6-8-11-19/h6-13,15H,4-5,14H2,1-3H3,(H,27,29). The van der Waals surface area contributed by atoms with Crippen LogP contribution in [0.2, 0.25) is 0 Å². The van der Waals surface area contributed by atoms with Crippen molar-refractivity contribution in [3.05, 3.63) is 81.9 Å². The number of para-hydroxylation sites is 1. The van der Waals surface area contributed by atoms with Gasteiger partial charge in [-0.1, -0.05) is 62.4 Å². The monoisotopic (exact) mass is 431 g/mol. The normalized spacial score (nSPS) is 11.1. The summed E-state index contributed by atoms with van der Waals surface area (Å²) < 4.78 is 1.40. The van der Waals surface area contributed by atoms with Gasteiger partial charge < -0.3 is 5.32 Å². The molecule has 0 atom stereocenters. The van der Waals surface area contributed by atoms with Crippen molar-refractivity contribution in [1.29, 1.82) is 0 Å². The van der Waals surface area contributed by atoms with Crippen LogP contribution in [-0.4, -0.2) is 15.5 Å². The average molecular weight is 432 g/mol. The third-order valence-electron chi connectivity index (χ3n) is 5.53. The maximum atomic E-state index is 13.2. The molecule has 0 bridgehead atoms. The first-order valence-electron chi connectivity index (χ1n) is 10.5. The molecule has 2 heterocycles. The van der Waals surface area contributed by atoms with Gasteiger partial charge in [0.2, 0.25) is 5.91 Å². The lowest BCUT2D eigenvalue weighted by Gasteiger charge is -2.15. The zero-order chi connectivity index (χ0) is 22.0. The van der Waals surface area contributed by atoms with Crippen molar-refractivity contribution in [1.82, 2.24) is 9.55 Å². The predicted octanol–water partition coefficient (Wildman–Crippen LogP) is 5.20. The second kappa shape index (κ2) is 8.86. The third kappa shape index (κ3) is 4.03. The van der Waals surface area contributed by atoms with Crippen LogP contribution in [0, 0.1) is 6.92 Å². The van der Waals surface area contributed by atoms with Gasteiger partial charge >= 0.3 is 0 Å². The number of aryl methyl sites for hydroxylation is 3. The van der Waals surface area contributed by atoms with Gasteiger partial charge in [-0.05, 0) is 42.0 Å². The fourth-order valence-corrected chi connectivity index (χ4v) is 5.02. The van der Waals surface area contributed by atoms with Gasteiger partial charge in [0.05, 0.1) is 11.7 Å². The molecule has 0 aliphatic rings. The molecule has 1 N–H and O–H groups in total. The Morgan fingerprint density at radius 3 is 2.35 bits per heavy atom. The molecule has 2 aromatic heterocycles. The van der Waals surface area contributed by atoms with E-state index in [9.17, 15) is 9.59 Å². The first-order valence-corrected chi connectivity index (χ1v) is 11.3. The molecule has 4 rings (SSSR count). The molecule has 0 fully saturated rings. The van der Waals surface area contributed by atoms with Crippen LogP contribution in [0.5, 0.6) is 0 Å². The second-order valence-electron chi connectivity index (χ2n) is 7.49. The van der Waals surface area contributed by atoms with Crippen molar-refractivity contribution in [2.75, 3.05) is 5.32 Å². The van der Waals surface area contributed by atoms with E-state index in [-0.39, 0.29) is 18.0 Å². The highest BCUT2D eigenvalue weighted by molar-refractivity contribution is 7.22. The molecule has 0 spiro atoms. The Hall–Kier alpha value is -3.25. The van der Waals surface area contributed by atoms with E-state index in [0.717, 1.165) is 45.7 Å². The Kier molecular flexibility index (Phi) is 6.00. The summed E-state index contributed by atoms with van der Waals surface area (Å²) >= 11 is 1.51. The lowest BCUT2D eigenvalue weighted by Crippen LogP contribution is -2.28. The Bertz CT molecular complexity index is 1280. The molecular weight excluding hydrogens is 406 g/mol. The van der Waals surface area contributed by atoms with Gasteiger partial charge in [0.25, 0.3) is 5.56 Å². The van der Waals surface area contributed by atoms with Crippen LogP contribution in [-0.2, 0) is 24.2 Å². The van der Waals surface area contributed by atoms with Gasteiger partial charge in [0, 0.05) is 10.6 Å². The first kappa shape index (κ1) is 21.0. The van der Waals surface area contributed by atoms with Gasteiger partial charge in [0.1, 0.15) is 11.4 Å². The largest absolute Gasteiger partial charge is 0.324 e. The second-order valence-corrected chi connectivity index (χ2v) is 8.49. The van der Waals surface area contributed by atoms with Crippen LogP contribution >= 0.6 is 11.3 Å². The molecule has 5 nitrogen and oxygen atoms in total. The van der Waals surface area contributed by atoms with Crippen LogP contribution in [0.1, 0.15) is 30.5 Å². The topological polar surface area (TPSA) is 64.0 Å². The molecule has 0 radical (unpaired) electrons. The zero-order valence-corrected chi connectivity index (χ0v) is 18.8. The van der Waals surface area contributed by atoms with E-state index in [1.165, 1.54) is 22.2 Å². The number of aromatic nitrogens is 2. The minimum atomic E-state index is -0.227. The number of benzene rings is 2. The van der Waals surface area contributed by atoms with Crippen molar-refractivity contribution < 1.29 is 4.79 Å². The minimum absolute atomic E-state index is 0.0705. The number of fused-ring (bicyclic) bond motifs is 1. The number of carbonyl (C=O) groups is 1. The Balaban J connectivity index is 1.66. The number of thiophene rings is 1. The molecule has 2 aromatic carbocycles. The van der Waals surface area contributed by atoms with Gasteiger partial charge in [-0.2, -0.15) is 0 Å². The number of nitrogens with one attached hydrogen (secondary N) is 1. The molecule has 4 aromatic rings. The summed E-state index contributed by atoms with van der Waals surface area (Å²) in [7, 11) is 0. The van der Waals surface area contributed by atoms with Crippen molar-refractivity contribution in [2.45, 2.75) is 40.2 Å². The number of anilines is 1. The molecule has 31 heavy (non-hydrogen) atoms. The number of amides is 1. The first-order chi connectivity index (χ1) is 15.0. The number of hydrogen-bond acceptors (Lipinski definition) is 4. The predicted molar refractivity (Wildman–Crippen MR) is 128 cm³/mol. The summed E-state index contributed by atoms with van der Waals surface area (Å²) in [5, 5.41) is 3.61. The molecule has 6 heteroatoms. The van der Waals surface area contributed by atoms with E-state index < -0.39 is 0 Å². The Morgan fingerprint density at radius 1 is 1.03 bits per heavy atom. The Morgan fingerprint density at radius 2 is 1.71 bits per heavy atom. The van der Waals surface area contributed by atoms with Gasteiger partial charge in [-0.25, -0.2) is 4.98 Å². The van der Waals surface area contributed by atoms with E-state index >= 15 is 0 Å². The Labute approximate surface area is 185 Å². The number of nitrogens with zero attached hydrogens (tertiary/aromatic N) is 2. The van der Waals surface area contributed by atoms with Crippen LogP contribution in [0.25, 0.3) is 20.7 Å². The summed E-state index contributed by atoms with van der Waals surface area (Å²) in [6, 6.07) is 16.0. The van der Waals surface area contributed by atoms with Crippen molar-refractivity contribution in [3.8, 4) is 10.4 Å². The quantitative estimate of drug-likeness (QED) is 0.457. The van der Waals surface area contributed by atoms with E-state index in [1.54, 1.807) is 0 Å². The minimum Gasteiger partial charge on any atom is -0.324 e. The summed E-state index contributed by atoms with van der Waals surface area (Å²) in [6.45, 7) is 6.01. The van der Waals surface area contributed by atoms with E-state index in [0.29, 0.717) is 10.2 Å². The summed E-state index contributed by atoms with van der Waals surface area (Å²) in [4.78, 5) is 32.2. The molecule has 0 unspecified atom stereocenters. The summed E-state index contributed by atoms with van der Waals surface area (Å²) in [5.41, 5.74) is 4.83. The third-order valence-corrected chi connectivity index (χ3v) is 6.78. The van der Waals surface area contributed by atoms with Gasteiger partial charge in [-0.3, -0.25) is 14.2 Å². The van der Waals surface area contributed by atoms with Crippen LogP contribution in [0.4, 0.5) is 5.69 Å². The van der Waals surface area contributed by atoms with Crippen molar-refractivity contribution in [2.24, 2.45) is 0 Å². The lowest BCUT2D eigenvalue weighted by molar-refractivity contribution is -0.116. The highest BCUT2D eigenvalue weighted by atomic mass is 32.1. The molecule has 0 aliphatic carbocycles. The molecular formula is C25H25N3O2S. The maximum Gasteiger partial charge on any atom is 0.262 e. The lowest BCUT2D eigenvalue weighted by atomic mass is 10.0. The average Bonchev–Trinajstić information content (AvgIpc) is 3.13.